The van der Waals surface area contributed by atoms with Crippen LogP contribution in [-0.4, -0.2) is 15.0 Å². The van der Waals surface area contributed by atoms with Crippen molar-refractivity contribution in [2.75, 3.05) is 0 Å². The number of rotatable bonds is 6. The molecule has 0 amide bonds. The molecule has 3 heteroatoms. The van der Waals surface area contributed by atoms with E-state index in [4.69, 9.17) is 15.0 Å². The number of hydrogen-bond acceptors (Lipinski definition) is 3. The molecule has 0 bridgehead atoms. The Balaban J connectivity index is 0.974. The third-order valence-electron chi connectivity index (χ3n) is 13.4. The lowest BCUT2D eigenvalue weighted by atomic mass is 9.67. The molecule has 10 aromatic rings. The number of aromatic nitrogens is 3. The van der Waals surface area contributed by atoms with Crippen LogP contribution in [0.15, 0.2) is 212 Å². The Morgan fingerprint density at radius 3 is 1.48 bits per heavy atom. The zero-order valence-corrected chi connectivity index (χ0v) is 34.5. The van der Waals surface area contributed by atoms with Crippen LogP contribution in [0.4, 0.5) is 0 Å². The van der Waals surface area contributed by atoms with Gasteiger partial charge >= 0.3 is 0 Å². The fourth-order valence-corrected chi connectivity index (χ4v) is 10.4. The molecule has 0 unspecified atom stereocenters. The molecule has 0 saturated heterocycles. The Labute approximate surface area is 362 Å². The van der Waals surface area contributed by atoms with Crippen molar-refractivity contribution >= 4 is 10.8 Å². The summed E-state index contributed by atoms with van der Waals surface area (Å²) in [7, 11) is 0. The number of nitrogens with zero attached hydrogens (tertiary/aromatic N) is 3. The van der Waals surface area contributed by atoms with E-state index < -0.39 is 5.41 Å². The summed E-state index contributed by atoms with van der Waals surface area (Å²) in [6, 6.07) is 76.9. The van der Waals surface area contributed by atoms with Gasteiger partial charge < -0.3 is 0 Å². The summed E-state index contributed by atoms with van der Waals surface area (Å²) in [6.07, 6.45) is 0. The second-order valence-corrected chi connectivity index (χ2v) is 17.2. The molecule has 0 spiro atoms. The third-order valence-corrected chi connectivity index (χ3v) is 13.4. The Hall–Kier alpha value is -7.75. The SMILES string of the molecule is CC1(C)c2ccccc2-c2ccc(-c3nc(-c4ccccc4)nc(-c4cccc(-c5ccc6cc7c(cc6c5)-c5ccccc5C7(c5ccccc5)c5ccccc5)c4)n3)cc21. The summed E-state index contributed by atoms with van der Waals surface area (Å²) < 4.78 is 0. The van der Waals surface area contributed by atoms with E-state index in [-0.39, 0.29) is 5.41 Å². The van der Waals surface area contributed by atoms with E-state index in [0.717, 1.165) is 27.8 Å². The van der Waals surface area contributed by atoms with Crippen LogP contribution in [-0.2, 0) is 10.8 Å². The highest BCUT2D eigenvalue weighted by Gasteiger charge is 2.46. The van der Waals surface area contributed by atoms with E-state index in [2.05, 4.69) is 208 Å². The van der Waals surface area contributed by atoms with Gasteiger partial charge in [0.25, 0.3) is 0 Å². The number of hydrogen-bond donors (Lipinski definition) is 0. The molecule has 9 aromatic carbocycles. The van der Waals surface area contributed by atoms with Crippen molar-refractivity contribution in [3.63, 3.8) is 0 Å². The quantitative estimate of drug-likeness (QED) is 0.168. The normalized spacial score (nSPS) is 13.9. The molecule has 3 nitrogen and oxygen atoms in total. The van der Waals surface area contributed by atoms with Crippen molar-refractivity contribution < 1.29 is 0 Å². The van der Waals surface area contributed by atoms with Crippen molar-refractivity contribution in [2.24, 2.45) is 0 Å². The van der Waals surface area contributed by atoms with Gasteiger partial charge in [0.1, 0.15) is 0 Å². The number of fused-ring (bicyclic) bond motifs is 7. The van der Waals surface area contributed by atoms with Crippen molar-refractivity contribution in [3.05, 3.63) is 246 Å². The molecule has 1 heterocycles. The molecule has 0 radical (unpaired) electrons. The fraction of sp³-hybridized carbons (Fsp3) is 0.0678. The van der Waals surface area contributed by atoms with Gasteiger partial charge in [-0.3, -0.25) is 0 Å². The molecular formula is C59H41N3. The molecular weight excluding hydrogens is 751 g/mol. The second-order valence-electron chi connectivity index (χ2n) is 17.2. The van der Waals surface area contributed by atoms with Gasteiger partial charge in [0, 0.05) is 22.1 Å². The minimum atomic E-state index is -0.432. The summed E-state index contributed by atoms with van der Waals surface area (Å²) in [5.41, 5.74) is 17.5. The van der Waals surface area contributed by atoms with Crippen LogP contribution >= 0.6 is 0 Å². The van der Waals surface area contributed by atoms with Crippen molar-refractivity contribution in [3.8, 4) is 67.5 Å². The monoisotopic (exact) mass is 791 g/mol. The van der Waals surface area contributed by atoms with Gasteiger partial charge in [0.15, 0.2) is 17.5 Å². The molecule has 0 N–H and O–H groups in total. The van der Waals surface area contributed by atoms with Gasteiger partial charge in [-0.2, -0.15) is 0 Å². The van der Waals surface area contributed by atoms with Gasteiger partial charge in [0.2, 0.25) is 0 Å². The molecule has 0 saturated carbocycles. The average Bonchev–Trinajstić information content (AvgIpc) is 3.76. The summed E-state index contributed by atoms with van der Waals surface area (Å²) in [5, 5.41) is 2.41. The van der Waals surface area contributed by atoms with E-state index in [1.54, 1.807) is 0 Å². The third kappa shape index (κ3) is 5.48. The van der Waals surface area contributed by atoms with Crippen LogP contribution in [0.5, 0.6) is 0 Å². The van der Waals surface area contributed by atoms with Crippen molar-refractivity contribution in [2.45, 2.75) is 24.7 Å². The maximum absolute atomic E-state index is 5.21. The van der Waals surface area contributed by atoms with E-state index in [1.807, 2.05) is 18.2 Å². The van der Waals surface area contributed by atoms with E-state index in [9.17, 15) is 0 Å². The largest absolute Gasteiger partial charge is 0.208 e. The highest BCUT2D eigenvalue weighted by atomic mass is 15.0. The van der Waals surface area contributed by atoms with Gasteiger partial charge in [-0.05, 0) is 108 Å². The first-order chi connectivity index (χ1) is 30.5. The lowest BCUT2D eigenvalue weighted by Gasteiger charge is -2.34. The number of benzene rings is 9. The first-order valence-corrected chi connectivity index (χ1v) is 21.4. The van der Waals surface area contributed by atoms with Crippen LogP contribution in [0.1, 0.15) is 47.2 Å². The highest BCUT2D eigenvalue weighted by Crippen LogP contribution is 2.57. The van der Waals surface area contributed by atoms with Crippen LogP contribution in [0.25, 0.3) is 78.3 Å². The van der Waals surface area contributed by atoms with Crippen LogP contribution in [0.3, 0.4) is 0 Å². The lowest BCUT2D eigenvalue weighted by Crippen LogP contribution is -2.28. The lowest BCUT2D eigenvalue weighted by molar-refractivity contribution is 0.660. The summed E-state index contributed by atoms with van der Waals surface area (Å²) in [4.78, 5) is 15.4. The molecule has 2 aliphatic rings. The smallest absolute Gasteiger partial charge is 0.164 e. The molecule has 12 rings (SSSR count). The van der Waals surface area contributed by atoms with Gasteiger partial charge in [-0.25, -0.2) is 15.0 Å². The standard InChI is InChI=1S/C59H41N3/c1-58(2)51-27-14-12-25-47(51)49-32-31-43(37-53(49)58)57-61-55(38-17-6-3-7-18-38)60-56(62-57)42-20-16-19-39(33-42)40-29-30-41-36-54-50(35-44(41)34-40)48-26-13-15-28-52(48)59(54,45-21-8-4-9-22-45)46-23-10-5-11-24-46/h3-37H,1-2H3. The Morgan fingerprint density at radius 1 is 0.290 bits per heavy atom. The molecule has 0 fully saturated rings. The minimum Gasteiger partial charge on any atom is -0.208 e. The minimum absolute atomic E-state index is 0.134. The van der Waals surface area contributed by atoms with E-state index >= 15 is 0 Å². The predicted molar refractivity (Wildman–Crippen MR) is 254 cm³/mol. The predicted octanol–water partition coefficient (Wildman–Crippen LogP) is 14.4. The molecule has 0 atom stereocenters. The van der Waals surface area contributed by atoms with Gasteiger partial charge in [-0.1, -0.05) is 196 Å². The first kappa shape index (κ1) is 36.1. The van der Waals surface area contributed by atoms with Crippen LogP contribution in [0.2, 0.25) is 0 Å². The molecule has 292 valence electrons. The van der Waals surface area contributed by atoms with E-state index in [0.29, 0.717) is 17.5 Å². The summed E-state index contributed by atoms with van der Waals surface area (Å²) in [5.74, 6) is 1.96. The van der Waals surface area contributed by atoms with Gasteiger partial charge in [0.05, 0.1) is 5.41 Å². The summed E-state index contributed by atoms with van der Waals surface area (Å²) >= 11 is 0. The molecule has 0 aliphatic heterocycles. The Bertz CT molecular complexity index is 3330. The fourth-order valence-electron chi connectivity index (χ4n) is 10.4. The van der Waals surface area contributed by atoms with Crippen LogP contribution in [0, 0.1) is 0 Å². The Morgan fingerprint density at radius 2 is 0.790 bits per heavy atom. The first-order valence-electron chi connectivity index (χ1n) is 21.4. The van der Waals surface area contributed by atoms with Crippen molar-refractivity contribution in [1.82, 2.24) is 15.0 Å². The van der Waals surface area contributed by atoms with Gasteiger partial charge in [-0.15, -0.1) is 0 Å². The zero-order valence-electron chi connectivity index (χ0n) is 34.5. The molecule has 2 aliphatic carbocycles. The Kier molecular flexibility index (Phi) is 8.10. The van der Waals surface area contributed by atoms with Crippen molar-refractivity contribution in [1.29, 1.82) is 0 Å². The topological polar surface area (TPSA) is 38.7 Å². The summed E-state index contributed by atoms with van der Waals surface area (Å²) in [6.45, 7) is 4.62. The maximum atomic E-state index is 5.21. The average molecular weight is 792 g/mol. The maximum Gasteiger partial charge on any atom is 0.164 e. The van der Waals surface area contributed by atoms with Crippen LogP contribution < -0.4 is 0 Å². The molecule has 62 heavy (non-hydrogen) atoms. The molecule has 1 aromatic heterocycles. The second kappa shape index (κ2) is 13.9. The zero-order chi connectivity index (χ0) is 41.4. The highest BCUT2D eigenvalue weighted by molar-refractivity contribution is 5.97. The van der Waals surface area contributed by atoms with E-state index in [1.165, 1.54) is 66.4 Å².